The van der Waals surface area contributed by atoms with E-state index in [1.807, 2.05) is 6.92 Å². The third kappa shape index (κ3) is 4.61. The standard InChI is InChI=1S/C11H18N2O4S/c1-9(2)8-16-6-5-13-18(14,15)11-4-3-10(7-12)17-11/h3-4,13H,1,5-8,12H2,2H3. The third-order valence-electron chi connectivity index (χ3n) is 1.99. The van der Waals surface area contributed by atoms with Gasteiger partial charge in [0.25, 0.3) is 10.0 Å². The second-order valence-electron chi connectivity index (χ2n) is 3.83. The van der Waals surface area contributed by atoms with Crippen LogP contribution in [0.4, 0.5) is 0 Å². The lowest BCUT2D eigenvalue weighted by Crippen LogP contribution is -2.27. The van der Waals surface area contributed by atoms with Crippen LogP contribution < -0.4 is 10.5 Å². The molecule has 0 aromatic carbocycles. The maximum Gasteiger partial charge on any atom is 0.274 e. The van der Waals surface area contributed by atoms with Gasteiger partial charge in [0.1, 0.15) is 5.76 Å². The lowest BCUT2D eigenvalue weighted by molar-refractivity contribution is 0.162. The summed E-state index contributed by atoms with van der Waals surface area (Å²) in [4.78, 5) is 0. The summed E-state index contributed by atoms with van der Waals surface area (Å²) in [6.07, 6.45) is 0. The van der Waals surface area contributed by atoms with Crippen molar-refractivity contribution in [2.24, 2.45) is 5.73 Å². The van der Waals surface area contributed by atoms with Crippen LogP contribution in [-0.2, 0) is 21.3 Å². The summed E-state index contributed by atoms with van der Waals surface area (Å²) in [6.45, 7) is 6.54. The summed E-state index contributed by atoms with van der Waals surface area (Å²) in [5.74, 6) is 0.425. The smallest absolute Gasteiger partial charge is 0.274 e. The molecule has 102 valence electrons. The van der Waals surface area contributed by atoms with Crippen LogP contribution in [0, 0.1) is 0 Å². The molecule has 0 fully saturated rings. The van der Waals surface area contributed by atoms with Gasteiger partial charge in [0.15, 0.2) is 0 Å². The quantitative estimate of drug-likeness (QED) is 0.535. The number of nitrogens with one attached hydrogen (secondary N) is 1. The molecule has 0 amide bonds. The normalized spacial score (nSPS) is 11.7. The number of ether oxygens (including phenoxy) is 1. The number of hydrogen-bond acceptors (Lipinski definition) is 5. The van der Waals surface area contributed by atoms with Crippen molar-refractivity contribution in [3.8, 4) is 0 Å². The third-order valence-corrected chi connectivity index (χ3v) is 3.32. The molecule has 3 N–H and O–H groups in total. The van der Waals surface area contributed by atoms with E-state index in [1.54, 1.807) is 0 Å². The molecule has 1 aromatic heterocycles. The number of sulfonamides is 1. The van der Waals surface area contributed by atoms with E-state index in [9.17, 15) is 8.42 Å². The summed E-state index contributed by atoms with van der Waals surface area (Å²) in [5.41, 5.74) is 6.22. The van der Waals surface area contributed by atoms with Crippen molar-refractivity contribution in [2.45, 2.75) is 18.6 Å². The van der Waals surface area contributed by atoms with Crippen LogP contribution in [0.5, 0.6) is 0 Å². The van der Waals surface area contributed by atoms with Gasteiger partial charge in [0, 0.05) is 6.54 Å². The summed E-state index contributed by atoms with van der Waals surface area (Å²) in [7, 11) is -3.62. The molecule has 0 bridgehead atoms. The summed E-state index contributed by atoms with van der Waals surface area (Å²) >= 11 is 0. The molecular formula is C11H18N2O4S. The number of furan rings is 1. The van der Waals surface area contributed by atoms with Gasteiger partial charge < -0.3 is 14.9 Å². The van der Waals surface area contributed by atoms with Gasteiger partial charge >= 0.3 is 0 Å². The lowest BCUT2D eigenvalue weighted by atomic mass is 10.4. The predicted octanol–water partition coefficient (Wildman–Crippen LogP) is 0.609. The van der Waals surface area contributed by atoms with E-state index in [-0.39, 0.29) is 24.8 Å². The van der Waals surface area contributed by atoms with Gasteiger partial charge in [0.2, 0.25) is 5.09 Å². The van der Waals surface area contributed by atoms with Gasteiger partial charge in [-0.2, -0.15) is 0 Å². The topological polar surface area (TPSA) is 94.6 Å². The van der Waals surface area contributed by atoms with Crippen molar-refractivity contribution in [2.75, 3.05) is 19.8 Å². The molecule has 0 saturated heterocycles. The van der Waals surface area contributed by atoms with Crippen molar-refractivity contribution in [1.82, 2.24) is 4.72 Å². The molecule has 0 unspecified atom stereocenters. The monoisotopic (exact) mass is 274 g/mol. The van der Waals surface area contributed by atoms with E-state index >= 15 is 0 Å². The average molecular weight is 274 g/mol. The van der Waals surface area contributed by atoms with Gasteiger partial charge in [0.05, 0.1) is 19.8 Å². The first kappa shape index (κ1) is 14.9. The van der Waals surface area contributed by atoms with Crippen LogP contribution in [0.15, 0.2) is 33.8 Å². The molecule has 0 radical (unpaired) electrons. The molecule has 1 aromatic rings. The minimum Gasteiger partial charge on any atom is -0.447 e. The highest BCUT2D eigenvalue weighted by Crippen LogP contribution is 2.12. The molecule has 1 heterocycles. The second kappa shape index (κ2) is 6.69. The molecule has 1 rings (SSSR count). The average Bonchev–Trinajstić information content (AvgIpc) is 2.77. The molecule has 0 atom stereocenters. The van der Waals surface area contributed by atoms with Crippen molar-refractivity contribution in [3.05, 3.63) is 30.0 Å². The van der Waals surface area contributed by atoms with Gasteiger partial charge in [-0.1, -0.05) is 12.2 Å². The van der Waals surface area contributed by atoms with E-state index in [0.717, 1.165) is 5.57 Å². The minimum atomic E-state index is -3.62. The fourth-order valence-electron chi connectivity index (χ4n) is 1.18. The number of rotatable bonds is 8. The van der Waals surface area contributed by atoms with Crippen LogP contribution in [0.1, 0.15) is 12.7 Å². The molecule has 0 saturated carbocycles. The highest BCUT2D eigenvalue weighted by Gasteiger charge is 2.17. The Kier molecular flexibility index (Phi) is 5.54. The maximum absolute atomic E-state index is 11.7. The van der Waals surface area contributed by atoms with Crippen molar-refractivity contribution in [3.63, 3.8) is 0 Å². The first-order chi connectivity index (χ1) is 8.45. The Morgan fingerprint density at radius 3 is 2.83 bits per heavy atom. The molecule has 0 spiro atoms. The Morgan fingerprint density at radius 1 is 1.56 bits per heavy atom. The van der Waals surface area contributed by atoms with Crippen LogP contribution in [0.2, 0.25) is 0 Å². The highest BCUT2D eigenvalue weighted by molar-refractivity contribution is 7.89. The zero-order valence-electron chi connectivity index (χ0n) is 10.3. The zero-order chi connectivity index (χ0) is 13.6. The number of nitrogens with two attached hydrogens (primary N) is 1. The molecule has 18 heavy (non-hydrogen) atoms. The van der Waals surface area contributed by atoms with Crippen LogP contribution in [0.3, 0.4) is 0 Å². The fourth-order valence-corrected chi connectivity index (χ4v) is 2.14. The van der Waals surface area contributed by atoms with Crippen LogP contribution in [-0.4, -0.2) is 28.2 Å². The first-order valence-electron chi connectivity index (χ1n) is 5.46. The first-order valence-corrected chi connectivity index (χ1v) is 6.94. The van der Waals surface area contributed by atoms with Crippen molar-refractivity contribution in [1.29, 1.82) is 0 Å². The van der Waals surface area contributed by atoms with E-state index in [1.165, 1.54) is 12.1 Å². The zero-order valence-corrected chi connectivity index (χ0v) is 11.1. The van der Waals surface area contributed by atoms with E-state index in [0.29, 0.717) is 12.4 Å². The molecule has 7 heteroatoms. The fraction of sp³-hybridized carbons (Fsp3) is 0.455. The SMILES string of the molecule is C=C(C)COCCNS(=O)(=O)c1ccc(CN)o1. The molecular weight excluding hydrogens is 256 g/mol. The maximum atomic E-state index is 11.7. The molecule has 6 nitrogen and oxygen atoms in total. The Balaban J connectivity index is 2.42. The Hall–Kier alpha value is -1.15. The summed E-state index contributed by atoms with van der Waals surface area (Å²) in [6, 6.07) is 2.91. The van der Waals surface area contributed by atoms with E-state index in [2.05, 4.69) is 11.3 Å². The Bertz CT molecular complexity index is 493. The lowest BCUT2D eigenvalue weighted by Gasteiger charge is -2.05. The van der Waals surface area contributed by atoms with E-state index in [4.69, 9.17) is 14.9 Å². The Labute approximate surface area is 107 Å². The summed E-state index contributed by atoms with van der Waals surface area (Å²) in [5, 5.41) is -0.136. The van der Waals surface area contributed by atoms with E-state index < -0.39 is 10.0 Å². The van der Waals surface area contributed by atoms with Crippen LogP contribution >= 0.6 is 0 Å². The molecule has 0 aliphatic heterocycles. The van der Waals surface area contributed by atoms with Crippen LogP contribution in [0.25, 0.3) is 0 Å². The van der Waals surface area contributed by atoms with Crippen molar-refractivity contribution < 1.29 is 17.6 Å². The Morgan fingerprint density at radius 2 is 2.28 bits per heavy atom. The largest absolute Gasteiger partial charge is 0.447 e. The van der Waals surface area contributed by atoms with Crippen molar-refractivity contribution >= 4 is 10.0 Å². The van der Waals surface area contributed by atoms with Gasteiger partial charge in [-0.3, -0.25) is 0 Å². The highest BCUT2D eigenvalue weighted by atomic mass is 32.2. The molecule has 0 aliphatic carbocycles. The van der Waals surface area contributed by atoms with Gasteiger partial charge in [-0.15, -0.1) is 0 Å². The number of hydrogen-bond donors (Lipinski definition) is 2. The molecule has 0 aliphatic rings. The predicted molar refractivity (Wildman–Crippen MR) is 67.4 cm³/mol. The van der Waals surface area contributed by atoms with Gasteiger partial charge in [-0.05, 0) is 19.1 Å². The second-order valence-corrected chi connectivity index (χ2v) is 5.53. The van der Waals surface area contributed by atoms with Gasteiger partial charge in [-0.25, -0.2) is 13.1 Å². The summed E-state index contributed by atoms with van der Waals surface area (Å²) < 4.78 is 36.1. The minimum absolute atomic E-state index is 0.136.